The molecule has 13 heavy (non-hydrogen) atoms. The average Bonchev–Trinajstić information content (AvgIpc) is 2.54. The van der Waals surface area contributed by atoms with Gasteiger partial charge in [-0.15, -0.1) is 0 Å². The van der Waals surface area contributed by atoms with E-state index in [4.69, 9.17) is 0 Å². The molecule has 0 bridgehead atoms. The summed E-state index contributed by atoms with van der Waals surface area (Å²) in [6.45, 7) is 6.27. The zero-order valence-electron chi connectivity index (χ0n) is 7.73. The summed E-state index contributed by atoms with van der Waals surface area (Å²) in [7, 11) is 0. The fourth-order valence-electron chi connectivity index (χ4n) is 1.05. The number of hydrogen-bond acceptors (Lipinski definition) is 3. The Bertz CT molecular complexity index is 304. The number of allylic oxidation sites excluding steroid dienone is 1. The molecular formula is C9H13N3O. The standard InChI is InChI=1S/C9H13N3O/c1-3-5-12-9(10-7-11-12)6-8(13)4-2/h4,7H,2-3,5-6H2,1H3. The minimum atomic E-state index is -0.0228. The molecule has 1 aromatic heterocycles. The molecule has 70 valence electrons. The third-order valence-corrected chi connectivity index (χ3v) is 1.69. The highest BCUT2D eigenvalue weighted by molar-refractivity contribution is 5.90. The number of hydrogen-bond donors (Lipinski definition) is 0. The highest BCUT2D eigenvalue weighted by atomic mass is 16.1. The van der Waals surface area contributed by atoms with Gasteiger partial charge in [-0.05, 0) is 12.5 Å². The Hall–Kier alpha value is -1.45. The number of carbonyl (C=O) groups excluding carboxylic acids is 1. The Morgan fingerprint density at radius 3 is 3.15 bits per heavy atom. The van der Waals surface area contributed by atoms with Crippen LogP contribution in [0.2, 0.25) is 0 Å². The summed E-state index contributed by atoms with van der Waals surface area (Å²) in [4.78, 5) is 15.0. The lowest BCUT2D eigenvalue weighted by Crippen LogP contribution is -2.09. The first-order valence-electron chi connectivity index (χ1n) is 4.30. The van der Waals surface area contributed by atoms with Crippen LogP contribution in [0.15, 0.2) is 19.0 Å². The van der Waals surface area contributed by atoms with Crippen molar-refractivity contribution in [1.29, 1.82) is 0 Å². The Labute approximate surface area is 77.3 Å². The summed E-state index contributed by atoms with van der Waals surface area (Å²) in [5.41, 5.74) is 0. The van der Waals surface area contributed by atoms with Crippen LogP contribution in [0.25, 0.3) is 0 Å². The molecule has 0 saturated heterocycles. The van der Waals surface area contributed by atoms with E-state index >= 15 is 0 Å². The van der Waals surface area contributed by atoms with Crippen molar-refractivity contribution in [1.82, 2.24) is 14.8 Å². The first kappa shape index (κ1) is 9.64. The minimum Gasteiger partial charge on any atom is -0.294 e. The van der Waals surface area contributed by atoms with Crippen molar-refractivity contribution in [2.24, 2.45) is 0 Å². The van der Waals surface area contributed by atoms with E-state index in [0.29, 0.717) is 12.2 Å². The smallest absolute Gasteiger partial charge is 0.162 e. The molecule has 1 rings (SSSR count). The van der Waals surface area contributed by atoms with Crippen LogP contribution in [0.5, 0.6) is 0 Å². The minimum absolute atomic E-state index is 0.0228. The van der Waals surface area contributed by atoms with Gasteiger partial charge in [0.15, 0.2) is 5.78 Å². The SMILES string of the molecule is C=CC(=O)Cc1ncnn1CCC. The lowest BCUT2D eigenvalue weighted by Gasteiger charge is -2.01. The molecule has 0 aliphatic rings. The van der Waals surface area contributed by atoms with E-state index in [1.165, 1.54) is 12.4 Å². The first-order valence-corrected chi connectivity index (χ1v) is 4.30. The summed E-state index contributed by atoms with van der Waals surface area (Å²) in [6, 6.07) is 0. The van der Waals surface area contributed by atoms with Crippen molar-refractivity contribution in [2.45, 2.75) is 26.3 Å². The van der Waals surface area contributed by atoms with Crippen LogP contribution < -0.4 is 0 Å². The second kappa shape index (κ2) is 4.54. The van der Waals surface area contributed by atoms with Crippen molar-refractivity contribution in [3.05, 3.63) is 24.8 Å². The topological polar surface area (TPSA) is 47.8 Å². The molecule has 0 fully saturated rings. The molecule has 0 N–H and O–H groups in total. The lowest BCUT2D eigenvalue weighted by molar-refractivity contribution is -0.114. The summed E-state index contributed by atoms with van der Waals surface area (Å²) in [6.07, 6.45) is 4.06. The zero-order chi connectivity index (χ0) is 9.68. The Balaban J connectivity index is 2.69. The molecule has 0 aliphatic carbocycles. The van der Waals surface area contributed by atoms with E-state index in [0.717, 1.165) is 13.0 Å². The van der Waals surface area contributed by atoms with E-state index in [9.17, 15) is 4.79 Å². The maximum atomic E-state index is 11.0. The monoisotopic (exact) mass is 179 g/mol. The van der Waals surface area contributed by atoms with Gasteiger partial charge in [0.2, 0.25) is 0 Å². The molecule has 1 aromatic rings. The molecule has 0 spiro atoms. The maximum Gasteiger partial charge on any atom is 0.162 e. The van der Waals surface area contributed by atoms with Crippen LogP contribution >= 0.6 is 0 Å². The van der Waals surface area contributed by atoms with E-state index < -0.39 is 0 Å². The van der Waals surface area contributed by atoms with E-state index in [2.05, 4.69) is 23.6 Å². The molecule has 0 unspecified atom stereocenters. The van der Waals surface area contributed by atoms with Crippen LogP contribution in [0.4, 0.5) is 0 Å². The molecular weight excluding hydrogens is 166 g/mol. The number of aromatic nitrogens is 3. The van der Waals surface area contributed by atoms with Gasteiger partial charge in [0, 0.05) is 6.54 Å². The van der Waals surface area contributed by atoms with Crippen LogP contribution in [0, 0.1) is 0 Å². The van der Waals surface area contributed by atoms with Gasteiger partial charge in [-0.2, -0.15) is 5.10 Å². The Morgan fingerprint density at radius 1 is 1.77 bits per heavy atom. The molecule has 0 saturated carbocycles. The van der Waals surface area contributed by atoms with Gasteiger partial charge in [-0.25, -0.2) is 9.67 Å². The molecule has 1 heterocycles. The van der Waals surface area contributed by atoms with Crippen molar-refractivity contribution in [3.63, 3.8) is 0 Å². The van der Waals surface area contributed by atoms with Gasteiger partial charge in [-0.3, -0.25) is 4.79 Å². The summed E-state index contributed by atoms with van der Waals surface area (Å²) in [5, 5.41) is 4.01. The summed E-state index contributed by atoms with van der Waals surface area (Å²) >= 11 is 0. The van der Waals surface area contributed by atoms with Crippen molar-refractivity contribution in [2.75, 3.05) is 0 Å². The largest absolute Gasteiger partial charge is 0.294 e. The Morgan fingerprint density at radius 2 is 2.54 bits per heavy atom. The lowest BCUT2D eigenvalue weighted by atomic mass is 10.2. The van der Waals surface area contributed by atoms with Gasteiger partial charge in [0.25, 0.3) is 0 Å². The molecule has 0 radical (unpaired) electrons. The summed E-state index contributed by atoms with van der Waals surface area (Å²) in [5.74, 6) is 0.692. The number of carbonyl (C=O) groups is 1. The second-order valence-electron chi connectivity index (χ2n) is 2.75. The van der Waals surface area contributed by atoms with E-state index in [1.807, 2.05) is 0 Å². The molecule has 4 heteroatoms. The fraction of sp³-hybridized carbons (Fsp3) is 0.444. The molecule has 4 nitrogen and oxygen atoms in total. The highest BCUT2D eigenvalue weighted by Crippen LogP contribution is 1.98. The van der Waals surface area contributed by atoms with Crippen molar-refractivity contribution < 1.29 is 4.79 Å². The predicted molar refractivity (Wildman–Crippen MR) is 49.2 cm³/mol. The van der Waals surface area contributed by atoms with E-state index in [1.54, 1.807) is 4.68 Å². The van der Waals surface area contributed by atoms with Gasteiger partial charge in [0.1, 0.15) is 12.2 Å². The van der Waals surface area contributed by atoms with Crippen LogP contribution in [-0.4, -0.2) is 20.5 Å². The highest BCUT2D eigenvalue weighted by Gasteiger charge is 2.06. The number of rotatable bonds is 5. The number of nitrogens with zero attached hydrogens (tertiary/aromatic N) is 3. The number of ketones is 1. The van der Waals surface area contributed by atoms with Gasteiger partial charge >= 0.3 is 0 Å². The van der Waals surface area contributed by atoms with Crippen molar-refractivity contribution >= 4 is 5.78 Å². The Kier molecular flexibility index (Phi) is 3.37. The normalized spacial score (nSPS) is 9.92. The quantitative estimate of drug-likeness (QED) is 0.633. The number of aryl methyl sites for hydroxylation is 1. The van der Waals surface area contributed by atoms with Crippen LogP contribution in [0.1, 0.15) is 19.2 Å². The molecule has 0 aromatic carbocycles. The first-order chi connectivity index (χ1) is 6.27. The average molecular weight is 179 g/mol. The van der Waals surface area contributed by atoms with Crippen molar-refractivity contribution in [3.8, 4) is 0 Å². The maximum absolute atomic E-state index is 11.0. The predicted octanol–water partition coefficient (Wildman–Crippen LogP) is 0.986. The van der Waals surface area contributed by atoms with Crippen LogP contribution in [-0.2, 0) is 17.8 Å². The third kappa shape index (κ3) is 2.50. The second-order valence-corrected chi connectivity index (χ2v) is 2.75. The fourth-order valence-corrected chi connectivity index (χ4v) is 1.05. The van der Waals surface area contributed by atoms with Gasteiger partial charge in [0.05, 0.1) is 6.42 Å². The molecule has 0 aliphatic heterocycles. The van der Waals surface area contributed by atoms with Gasteiger partial charge < -0.3 is 0 Å². The summed E-state index contributed by atoms with van der Waals surface area (Å²) < 4.78 is 1.75. The zero-order valence-corrected chi connectivity index (χ0v) is 7.73. The van der Waals surface area contributed by atoms with Crippen LogP contribution in [0.3, 0.4) is 0 Å². The van der Waals surface area contributed by atoms with Gasteiger partial charge in [-0.1, -0.05) is 13.5 Å². The molecule has 0 amide bonds. The molecule has 0 atom stereocenters. The van der Waals surface area contributed by atoms with E-state index in [-0.39, 0.29) is 5.78 Å². The third-order valence-electron chi connectivity index (χ3n) is 1.69.